The molecule has 19 heavy (non-hydrogen) atoms. The van der Waals surface area contributed by atoms with Crippen molar-refractivity contribution in [2.45, 2.75) is 6.18 Å². The van der Waals surface area contributed by atoms with Crippen LogP contribution in [-0.2, 0) is 6.18 Å². The monoisotopic (exact) mass is 290 g/mol. The van der Waals surface area contributed by atoms with E-state index in [0.29, 0.717) is 12.4 Å². The van der Waals surface area contributed by atoms with Crippen LogP contribution in [0.5, 0.6) is 0 Å². The fourth-order valence-corrected chi connectivity index (χ4v) is 1.77. The van der Waals surface area contributed by atoms with Gasteiger partial charge in [-0.15, -0.1) is 0 Å². The van der Waals surface area contributed by atoms with Crippen molar-refractivity contribution >= 4 is 17.6 Å². The molecule has 4 nitrogen and oxygen atoms in total. The first-order valence-corrected chi connectivity index (χ1v) is 5.32. The molecule has 0 fully saturated rings. The van der Waals surface area contributed by atoms with Gasteiger partial charge in [-0.25, -0.2) is 9.48 Å². The maximum absolute atomic E-state index is 12.5. The number of carboxylic acids is 1. The van der Waals surface area contributed by atoms with E-state index in [1.54, 1.807) is 0 Å². The molecule has 100 valence electrons. The van der Waals surface area contributed by atoms with Crippen molar-refractivity contribution in [3.8, 4) is 5.69 Å². The van der Waals surface area contributed by atoms with Gasteiger partial charge in [-0.05, 0) is 12.1 Å². The highest BCUT2D eigenvalue weighted by molar-refractivity contribution is 6.34. The Morgan fingerprint density at radius 1 is 1.37 bits per heavy atom. The molecule has 0 radical (unpaired) electrons. The summed E-state index contributed by atoms with van der Waals surface area (Å²) in [5.74, 6) is -1.34. The van der Waals surface area contributed by atoms with E-state index in [0.717, 1.165) is 4.68 Å². The van der Waals surface area contributed by atoms with E-state index in [2.05, 4.69) is 5.10 Å². The van der Waals surface area contributed by atoms with Crippen LogP contribution >= 0.6 is 11.6 Å². The van der Waals surface area contributed by atoms with Gasteiger partial charge in [0, 0.05) is 6.20 Å². The second-order valence-corrected chi connectivity index (χ2v) is 4.02. The third-order valence-corrected chi connectivity index (χ3v) is 2.68. The molecule has 0 saturated heterocycles. The molecule has 0 spiro atoms. The fourth-order valence-electron chi connectivity index (χ4n) is 1.52. The lowest BCUT2D eigenvalue weighted by Gasteiger charge is -2.07. The lowest BCUT2D eigenvalue weighted by atomic mass is 10.2. The number of rotatable bonds is 2. The molecule has 0 bridgehead atoms. The van der Waals surface area contributed by atoms with Crippen molar-refractivity contribution < 1.29 is 23.1 Å². The average Bonchev–Trinajstić information content (AvgIpc) is 2.76. The lowest BCUT2D eigenvalue weighted by molar-refractivity contribution is -0.137. The van der Waals surface area contributed by atoms with Gasteiger partial charge in [0.1, 0.15) is 5.56 Å². The van der Waals surface area contributed by atoms with E-state index >= 15 is 0 Å². The summed E-state index contributed by atoms with van der Waals surface area (Å²) >= 11 is 5.73. The number of carboxylic acid groups (broad SMARTS) is 1. The minimum absolute atomic E-state index is 0.0319. The van der Waals surface area contributed by atoms with Crippen LogP contribution in [0.4, 0.5) is 13.2 Å². The van der Waals surface area contributed by atoms with E-state index in [4.69, 9.17) is 16.7 Å². The van der Waals surface area contributed by atoms with Crippen molar-refractivity contribution in [1.82, 2.24) is 9.78 Å². The molecule has 1 aromatic carbocycles. The second kappa shape index (κ2) is 4.58. The number of hydrogen-bond acceptors (Lipinski definition) is 2. The number of benzene rings is 1. The molecular formula is C11H6ClF3N2O2. The minimum Gasteiger partial charge on any atom is -0.478 e. The summed E-state index contributed by atoms with van der Waals surface area (Å²) in [7, 11) is 0. The van der Waals surface area contributed by atoms with Gasteiger partial charge in [-0.1, -0.05) is 17.7 Å². The Morgan fingerprint density at radius 2 is 2.05 bits per heavy atom. The van der Waals surface area contributed by atoms with Crippen LogP contribution in [0.15, 0.2) is 30.6 Å². The number of alkyl halides is 3. The third kappa shape index (κ3) is 2.55. The number of halogens is 4. The first kappa shape index (κ1) is 13.4. The summed E-state index contributed by atoms with van der Waals surface area (Å²) in [4.78, 5) is 11.1. The molecule has 0 unspecified atom stereocenters. The van der Waals surface area contributed by atoms with Crippen LogP contribution in [0.3, 0.4) is 0 Å². The normalized spacial score (nSPS) is 11.6. The van der Waals surface area contributed by atoms with Crippen molar-refractivity contribution in [2.24, 2.45) is 0 Å². The Hall–Kier alpha value is -2.02. The van der Waals surface area contributed by atoms with E-state index in [9.17, 15) is 18.0 Å². The van der Waals surface area contributed by atoms with Gasteiger partial charge in [-0.2, -0.15) is 18.3 Å². The number of hydrogen-bond donors (Lipinski definition) is 1. The maximum atomic E-state index is 12.5. The van der Waals surface area contributed by atoms with E-state index in [1.807, 2.05) is 0 Å². The highest BCUT2D eigenvalue weighted by Crippen LogP contribution is 2.30. The van der Waals surface area contributed by atoms with Crippen LogP contribution < -0.4 is 0 Å². The van der Waals surface area contributed by atoms with Gasteiger partial charge in [0.2, 0.25) is 0 Å². The van der Waals surface area contributed by atoms with Gasteiger partial charge in [0.25, 0.3) is 0 Å². The number of nitrogens with zero attached hydrogens (tertiary/aromatic N) is 2. The van der Waals surface area contributed by atoms with Crippen LogP contribution in [0.1, 0.15) is 15.9 Å². The summed E-state index contributed by atoms with van der Waals surface area (Å²) < 4.78 is 38.2. The van der Waals surface area contributed by atoms with E-state index in [-0.39, 0.29) is 16.3 Å². The second-order valence-electron chi connectivity index (χ2n) is 3.61. The van der Waals surface area contributed by atoms with Crippen molar-refractivity contribution in [3.63, 3.8) is 0 Å². The average molecular weight is 291 g/mol. The van der Waals surface area contributed by atoms with Crippen LogP contribution in [-0.4, -0.2) is 20.9 Å². The van der Waals surface area contributed by atoms with Crippen molar-refractivity contribution in [1.29, 1.82) is 0 Å². The predicted octanol–water partition coefficient (Wildman–Crippen LogP) is 3.24. The summed E-state index contributed by atoms with van der Waals surface area (Å²) in [6.45, 7) is 0. The predicted molar refractivity (Wildman–Crippen MR) is 60.5 cm³/mol. The molecule has 0 saturated carbocycles. The molecule has 0 aliphatic rings. The summed E-state index contributed by atoms with van der Waals surface area (Å²) in [5, 5.41) is 12.5. The van der Waals surface area contributed by atoms with Gasteiger partial charge < -0.3 is 5.11 Å². The minimum atomic E-state index is -4.54. The zero-order valence-corrected chi connectivity index (χ0v) is 9.90. The third-order valence-electron chi connectivity index (χ3n) is 2.36. The smallest absolute Gasteiger partial charge is 0.419 e. The topological polar surface area (TPSA) is 55.1 Å². The lowest BCUT2D eigenvalue weighted by Crippen LogP contribution is -2.07. The quantitative estimate of drug-likeness (QED) is 0.924. The van der Waals surface area contributed by atoms with Gasteiger partial charge in [-0.3, -0.25) is 0 Å². The molecule has 2 rings (SSSR count). The zero-order chi connectivity index (χ0) is 14.2. The van der Waals surface area contributed by atoms with Crippen LogP contribution in [0, 0.1) is 0 Å². The van der Waals surface area contributed by atoms with Gasteiger partial charge in [0.05, 0.1) is 22.5 Å². The molecule has 0 atom stereocenters. The molecule has 0 aliphatic heterocycles. The van der Waals surface area contributed by atoms with Crippen molar-refractivity contribution in [3.05, 3.63) is 46.7 Å². The Balaban J connectivity index is 2.57. The summed E-state index contributed by atoms with van der Waals surface area (Å²) in [5.41, 5.74) is -1.31. The Bertz CT molecular complexity index is 637. The number of aromatic carboxylic acids is 1. The first-order valence-electron chi connectivity index (χ1n) is 4.95. The Kier molecular flexibility index (Phi) is 3.23. The van der Waals surface area contributed by atoms with Crippen LogP contribution in [0.25, 0.3) is 5.69 Å². The molecule has 1 aromatic heterocycles. The molecule has 0 amide bonds. The van der Waals surface area contributed by atoms with E-state index < -0.39 is 17.7 Å². The van der Waals surface area contributed by atoms with Crippen LogP contribution in [0.2, 0.25) is 5.02 Å². The van der Waals surface area contributed by atoms with Gasteiger partial charge in [0.15, 0.2) is 0 Å². The molecule has 0 aliphatic carbocycles. The molecule has 1 N–H and O–H groups in total. The SMILES string of the molecule is O=C(O)c1c(Cl)cccc1-n1cc(C(F)(F)F)cn1. The number of aromatic nitrogens is 2. The molecule has 1 heterocycles. The maximum Gasteiger partial charge on any atom is 0.419 e. The number of carbonyl (C=O) groups is 1. The highest BCUT2D eigenvalue weighted by Gasteiger charge is 2.32. The summed E-state index contributed by atoms with van der Waals surface area (Å²) in [6, 6.07) is 4.09. The molecule has 2 aromatic rings. The van der Waals surface area contributed by atoms with E-state index in [1.165, 1.54) is 18.2 Å². The largest absolute Gasteiger partial charge is 0.478 e. The Labute approximate surface area is 110 Å². The van der Waals surface area contributed by atoms with Crippen molar-refractivity contribution in [2.75, 3.05) is 0 Å². The summed E-state index contributed by atoms with van der Waals surface area (Å²) in [6.07, 6.45) is -3.22. The standard InChI is InChI=1S/C11H6ClF3N2O2/c12-7-2-1-3-8(9(7)10(18)19)17-5-6(4-16-17)11(13,14)15/h1-5H,(H,18,19). The first-order chi connectivity index (χ1) is 8.80. The van der Waals surface area contributed by atoms with Gasteiger partial charge >= 0.3 is 12.1 Å². The molecule has 8 heteroatoms. The fraction of sp³-hybridized carbons (Fsp3) is 0.0909. The Morgan fingerprint density at radius 3 is 2.58 bits per heavy atom. The zero-order valence-electron chi connectivity index (χ0n) is 9.15. The molecular weight excluding hydrogens is 285 g/mol. The highest BCUT2D eigenvalue weighted by atomic mass is 35.5.